The van der Waals surface area contributed by atoms with E-state index < -0.39 is 17.8 Å². The Bertz CT molecular complexity index is 4220. The number of nitrogens with zero attached hydrogens (tertiary/aromatic N) is 3. The number of hydrogen-bond acceptors (Lipinski definition) is 0. The van der Waals surface area contributed by atoms with Crippen molar-refractivity contribution < 1.29 is 17.6 Å². The van der Waals surface area contributed by atoms with Crippen molar-refractivity contribution in [2.75, 3.05) is 0 Å². The van der Waals surface area contributed by atoms with Gasteiger partial charge in [0.05, 0.1) is 50.2 Å². The van der Waals surface area contributed by atoms with E-state index in [0.717, 1.165) is 102 Å². The Kier molecular flexibility index (Phi) is 9.75. The fourth-order valence-electron chi connectivity index (χ4n) is 12.9. The number of rotatable bonds is 7. The van der Waals surface area contributed by atoms with Gasteiger partial charge in [-0.3, -0.25) is 0 Å². The molecule has 3 aromatic heterocycles. The number of allylic oxidation sites excluding steroid dienone is 1. The smallest absolute Gasteiger partial charge is 0.274 e. The molecule has 12 aromatic rings. The molecule has 0 N–H and O–H groups in total. The molecule has 9 aromatic carbocycles. The highest BCUT2D eigenvalue weighted by atomic mass is 19.3. The van der Waals surface area contributed by atoms with E-state index in [1.807, 2.05) is 173 Å². The van der Waals surface area contributed by atoms with Gasteiger partial charge in [0.1, 0.15) is 0 Å². The summed E-state index contributed by atoms with van der Waals surface area (Å²) in [7, 11) is 0. The van der Waals surface area contributed by atoms with Gasteiger partial charge in [-0.25, -0.2) is 17.6 Å². The van der Waals surface area contributed by atoms with Gasteiger partial charge < -0.3 is 13.7 Å². The maximum Gasteiger partial charge on any atom is 0.274 e. The van der Waals surface area contributed by atoms with E-state index in [9.17, 15) is 0 Å². The van der Waals surface area contributed by atoms with Gasteiger partial charge >= 0.3 is 0 Å². The van der Waals surface area contributed by atoms with E-state index in [2.05, 4.69) is 54.0 Å². The molecule has 0 amide bonds. The molecular weight excluding hydrogens is 923 g/mol. The third kappa shape index (κ3) is 6.64. The second-order valence-electron chi connectivity index (χ2n) is 20.6. The Hall–Kier alpha value is -8.42. The lowest BCUT2D eigenvalue weighted by Gasteiger charge is -2.33. The van der Waals surface area contributed by atoms with E-state index in [4.69, 9.17) is 0 Å². The largest absolute Gasteiger partial charge is 0.312 e. The molecular formula is C67H49F4N3. The van der Waals surface area contributed by atoms with Gasteiger partial charge in [-0.05, 0) is 112 Å². The van der Waals surface area contributed by atoms with Crippen LogP contribution in [-0.2, 0) is 24.7 Å². The Morgan fingerprint density at radius 2 is 0.838 bits per heavy atom. The second-order valence-corrected chi connectivity index (χ2v) is 20.6. The van der Waals surface area contributed by atoms with Crippen LogP contribution in [0.1, 0.15) is 65.8 Å². The van der Waals surface area contributed by atoms with E-state index in [-0.39, 0.29) is 17.0 Å². The summed E-state index contributed by atoms with van der Waals surface area (Å²) in [5.74, 6) is -7.03. The lowest BCUT2D eigenvalue weighted by atomic mass is 9.73. The van der Waals surface area contributed by atoms with Crippen LogP contribution >= 0.6 is 0 Å². The van der Waals surface area contributed by atoms with Crippen LogP contribution in [-0.4, -0.2) is 13.7 Å². The fourth-order valence-corrected chi connectivity index (χ4v) is 12.9. The zero-order chi connectivity index (χ0) is 50.2. The van der Waals surface area contributed by atoms with Gasteiger partial charge in [0.2, 0.25) is 0 Å². The summed E-state index contributed by atoms with van der Waals surface area (Å²) in [6, 6.07) is 64.0. The predicted molar refractivity (Wildman–Crippen MR) is 296 cm³/mol. The Balaban J connectivity index is 1.17. The van der Waals surface area contributed by atoms with Crippen molar-refractivity contribution in [3.8, 4) is 39.3 Å². The number of alkyl halides is 4. The molecule has 0 fully saturated rings. The van der Waals surface area contributed by atoms with E-state index in [0.29, 0.717) is 46.6 Å². The number of hydrogen-bond donors (Lipinski definition) is 0. The lowest BCUT2D eigenvalue weighted by Crippen LogP contribution is -2.21. The SMILES string of the molecule is CC1C=Cc2c(n(-c3cc(-c4cc(C5Cc6ccccc6-c6ccccc65)c(C(C)(F)F)c(-n5c6ccccc6c6ccccc65)c4)cc(-n4c5ccccc5c5ccccc54)c3C(C)(F)F)c3ccccc23)C1. The molecule has 0 bridgehead atoms. The molecule has 3 heterocycles. The van der Waals surface area contributed by atoms with Crippen molar-refractivity contribution in [1.29, 1.82) is 0 Å². The first-order valence-electron chi connectivity index (χ1n) is 25.5. The monoisotopic (exact) mass is 971 g/mol. The minimum atomic E-state index is -3.36. The summed E-state index contributed by atoms with van der Waals surface area (Å²) in [4.78, 5) is 0. The summed E-state index contributed by atoms with van der Waals surface area (Å²) in [5, 5.41) is 4.72. The van der Waals surface area contributed by atoms with E-state index >= 15 is 17.6 Å². The average molecular weight is 972 g/mol. The van der Waals surface area contributed by atoms with Gasteiger partial charge in [-0.1, -0.05) is 159 Å². The van der Waals surface area contributed by atoms with Crippen LogP contribution in [0.25, 0.3) is 99.9 Å². The van der Waals surface area contributed by atoms with Crippen molar-refractivity contribution in [3.05, 3.63) is 239 Å². The molecule has 0 saturated heterocycles. The maximum atomic E-state index is 17.6. The highest BCUT2D eigenvalue weighted by Gasteiger charge is 2.40. The highest BCUT2D eigenvalue weighted by Crippen LogP contribution is 2.52. The van der Waals surface area contributed by atoms with Crippen molar-refractivity contribution >= 4 is 60.6 Å². The van der Waals surface area contributed by atoms with Gasteiger partial charge in [-0.2, -0.15) is 0 Å². The minimum Gasteiger partial charge on any atom is -0.312 e. The summed E-state index contributed by atoms with van der Waals surface area (Å²) >= 11 is 0. The molecule has 74 heavy (non-hydrogen) atoms. The number of para-hydroxylation sites is 5. The predicted octanol–water partition coefficient (Wildman–Crippen LogP) is 18.3. The maximum absolute atomic E-state index is 17.6. The molecule has 0 radical (unpaired) electrons. The first-order valence-corrected chi connectivity index (χ1v) is 25.5. The van der Waals surface area contributed by atoms with Crippen molar-refractivity contribution in [2.24, 2.45) is 5.92 Å². The van der Waals surface area contributed by atoms with Crippen molar-refractivity contribution in [2.45, 2.75) is 51.4 Å². The quantitative estimate of drug-likeness (QED) is 0.141. The Morgan fingerprint density at radius 1 is 0.419 bits per heavy atom. The third-order valence-electron chi connectivity index (χ3n) is 15.9. The second kappa shape index (κ2) is 16.3. The standard InChI is InChI=1S/C67H49F4N3/c1-40-32-33-52-51-26-12-17-31-59(51)74(60(52)34-40)63-39-43(38-62(65(63)67(3,70)71)73-57-29-15-10-24-49(57)50-25-11-16-30-58(50)73)42-36-54(53-35-41-18-4-5-19-44(41)45-20-6-7-21-46(45)53)64(66(2,68)69)61(37-42)72-55-27-13-8-22-47(55)48-23-9-14-28-56(48)72/h4-33,36-40,53H,34-35H2,1-3H3. The molecule has 2 unspecified atom stereocenters. The zero-order valence-corrected chi connectivity index (χ0v) is 41.1. The van der Waals surface area contributed by atoms with Crippen LogP contribution in [0.3, 0.4) is 0 Å². The molecule has 0 saturated carbocycles. The summed E-state index contributed by atoms with van der Waals surface area (Å²) in [5.41, 5.74) is 12.6. The van der Waals surface area contributed by atoms with Gasteiger partial charge in [0.15, 0.2) is 0 Å². The minimum absolute atomic E-state index is 0.0715. The molecule has 2 atom stereocenters. The summed E-state index contributed by atoms with van der Waals surface area (Å²) in [6.07, 6.45) is 5.45. The van der Waals surface area contributed by atoms with Crippen LogP contribution < -0.4 is 0 Å². The number of benzene rings is 9. The van der Waals surface area contributed by atoms with E-state index in [1.54, 1.807) is 0 Å². The van der Waals surface area contributed by atoms with E-state index in [1.165, 1.54) is 0 Å². The van der Waals surface area contributed by atoms with Gasteiger partial charge in [-0.15, -0.1) is 0 Å². The zero-order valence-electron chi connectivity index (χ0n) is 41.1. The molecule has 2 aliphatic rings. The normalized spacial score (nSPS) is 15.6. The van der Waals surface area contributed by atoms with Gasteiger partial charge in [0.25, 0.3) is 11.8 Å². The Labute approximate surface area is 425 Å². The van der Waals surface area contributed by atoms with Crippen LogP contribution in [0.15, 0.2) is 200 Å². The molecule has 0 spiro atoms. The van der Waals surface area contributed by atoms with Crippen LogP contribution in [0.5, 0.6) is 0 Å². The molecule has 14 rings (SSSR count). The molecule has 7 heteroatoms. The lowest BCUT2D eigenvalue weighted by molar-refractivity contribution is 0.0160. The third-order valence-corrected chi connectivity index (χ3v) is 15.9. The van der Waals surface area contributed by atoms with Gasteiger partial charge in [0, 0.05) is 63.5 Å². The van der Waals surface area contributed by atoms with Crippen molar-refractivity contribution in [3.63, 3.8) is 0 Å². The molecule has 360 valence electrons. The summed E-state index contributed by atoms with van der Waals surface area (Å²) in [6.45, 7) is 4.16. The fraction of sp³-hybridized carbons (Fsp3) is 0.134. The first kappa shape index (κ1) is 44.3. The first-order chi connectivity index (χ1) is 35.9. The number of fused-ring (bicyclic) bond motifs is 12. The van der Waals surface area contributed by atoms with Crippen LogP contribution in [0.4, 0.5) is 17.6 Å². The molecule has 0 aliphatic heterocycles. The average Bonchev–Trinajstić information content (AvgIpc) is 4.08. The van der Waals surface area contributed by atoms with Crippen LogP contribution in [0.2, 0.25) is 0 Å². The Morgan fingerprint density at radius 3 is 1.38 bits per heavy atom. The molecule has 2 aliphatic carbocycles. The van der Waals surface area contributed by atoms with Crippen molar-refractivity contribution in [1.82, 2.24) is 13.7 Å². The highest BCUT2D eigenvalue weighted by molar-refractivity contribution is 6.11. The summed E-state index contributed by atoms with van der Waals surface area (Å²) < 4.78 is 76.3. The number of halogens is 4. The van der Waals surface area contributed by atoms with Crippen LogP contribution in [0, 0.1) is 5.92 Å². The molecule has 3 nitrogen and oxygen atoms in total. The number of aromatic nitrogens is 3. The topological polar surface area (TPSA) is 14.8 Å².